The van der Waals surface area contributed by atoms with Crippen LogP contribution in [-0.4, -0.2) is 42.1 Å². The van der Waals surface area contributed by atoms with Gasteiger partial charge in [-0.1, -0.05) is 12.1 Å². The predicted molar refractivity (Wildman–Crippen MR) is 76.9 cm³/mol. The van der Waals surface area contributed by atoms with Gasteiger partial charge in [-0.2, -0.15) is 0 Å². The van der Waals surface area contributed by atoms with E-state index in [1.807, 2.05) is 6.07 Å². The number of ether oxygens (including phenoxy) is 1. The second-order valence-electron chi connectivity index (χ2n) is 5.24. The first-order valence-electron chi connectivity index (χ1n) is 6.90. The molecule has 6 nitrogen and oxygen atoms in total. The molecule has 1 saturated heterocycles. The molecular weight excluding hydrogens is 272 g/mol. The Morgan fingerprint density at radius 3 is 2.90 bits per heavy atom. The molecule has 1 aromatic carbocycles. The fraction of sp³-hybridized carbons (Fsp3) is 0.467. The van der Waals surface area contributed by atoms with Crippen molar-refractivity contribution in [3.8, 4) is 5.75 Å². The minimum atomic E-state index is -0.938. The van der Waals surface area contributed by atoms with Crippen LogP contribution in [0.3, 0.4) is 0 Å². The first-order valence-corrected chi connectivity index (χ1v) is 6.90. The third-order valence-electron chi connectivity index (χ3n) is 3.79. The van der Waals surface area contributed by atoms with Crippen LogP contribution in [0.4, 0.5) is 0 Å². The lowest BCUT2D eigenvalue weighted by Gasteiger charge is -2.27. The van der Waals surface area contributed by atoms with E-state index in [-0.39, 0.29) is 18.2 Å². The van der Waals surface area contributed by atoms with Crippen LogP contribution in [0.1, 0.15) is 24.4 Å². The van der Waals surface area contributed by atoms with Crippen LogP contribution in [0.25, 0.3) is 0 Å². The van der Waals surface area contributed by atoms with Crippen molar-refractivity contribution in [2.45, 2.75) is 18.9 Å². The normalized spacial score (nSPS) is 19.6. The summed E-state index contributed by atoms with van der Waals surface area (Å²) in [7, 11) is 1.55. The highest BCUT2D eigenvalue weighted by Gasteiger charge is 2.35. The van der Waals surface area contributed by atoms with Gasteiger partial charge in [0.05, 0.1) is 19.6 Å². The third-order valence-corrected chi connectivity index (χ3v) is 3.79. The first-order chi connectivity index (χ1) is 10.0. The summed E-state index contributed by atoms with van der Waals surface area (Å²) in [4.78, 5) is 24.9. The number of methoxy groups -OCH3 is 1. The number of benzene rings is 1. The molecule has 0 saturated carbocycles. The fourth-order valence-electron chi connectivity index (χ4n) is 2.69. The summed E-state index contributed by atoms with van der Waals surface area (Å²) in [5.41, 5.74) is 6.40. The molecule has 1 aliphatic rings. The van der Waals surface area contributed by atoms with E-state index in [0.29, 0.717) is 25.3 Å². The number of carboxylic acid groups (broad SMARTS) is 1. The van der Waals surface area contributed by atoms with Crippen molar-refractivity contribution in [3.05, 3.63) is 29.8 Å². The van der Waals surface area contributed by atoms with Crippen LogP contribution in [0.15, 0.2) is 24.3 Å². The SMILES string of the molecule is COc1cccc(C(CC(=O)O)N2CC(CN)CC2=O)c1. The molecule has 0 aliphatic carbocycles. The van der Waals surface area contributed by atoms with E-state index in [0.717, 1.165) is 5.56 Å². The maximum absolute atomic E-state index is 12.1. The van der Waals surface area contributed by atoms with Crippen LogP contribution in [0.2, 0.25) is 0 Å². The second kappa shape index (κ2) is 6.58. The van der Waals surface area contributed by atoms with Crippen LogP contribution < -0.4 is 10.5 Å². The van der Waals surface area contributed by atoms with Crippen molar-refractivity contribution in [3.63, 3.8) is 0 Å². The lowest BCUT2D eigenvalue weighted by atomic mass is 10.0. The van der Waals surface area contributed by atoms with Gasteiger partial charge in [0.15, 0.2) is 0 Å². The van der Waals surface area contributed by atoms with Gasteiger partial charge in [0, 0.05) is 13.0 Å². The Balaban J connectivity index is 2.29. The number of amides is 1. The Hall–Kier alpha value is -2.08. The van der Waals surface area contributed by atoms with Gasteiger partial charge in [0.1, 0.15) is 5.75 Å². The Labute approximate surface area is 123 Å². The number of carbonyl (C=O) groups excluding carboxylic acids is 1. The molecule has 2 rings (SSSR count). The summed E-state index contributed by atoms with van der Waals surface area (Å²) in [5.74, 6) is -0.240. The first kappa shape index (κ1) is 15.3. The van der Waals surface area contributed by atoms with Crippen molar-refractivity contribution in [2.75, 3.05) is 20.2 Å². The second-order valence-corrected chi connectivity index (χ2v) is 5.24. The number of nitrogens with zero attached hydrogens (tertiary/aromatic N) is 1. The monoisotopic (exact) mass is 292 g/mol. The molecule has 2 unspecified atom stereocenters. The largest absolute Gasteiger partial charge is 0.497 e. The summed E-state index contributed by atoms with van der Waals surface area (Å²) >= 11 is 0. The summed E-state index contributed by atoms with van der Waals surface area (Å²) in [6.45, 7) is 0.935. The van der Waals surface area contributed by atoms with Gasteiger partial charge >= 0.3 is 5.97 Å². The van der Waals surface area contributed by atoms with Gasteiger partial charge in [0.2, 0.25) is 5.91 Å². The summed E-state index contributed by atoms with van der Waals surface area (Å²) in [6, 6.07) is 6.69. The van der Waals surface area contributed by atoms with E-state index >= 15 is 0 Å². The molecule has 1 fully saturated rings. The molecule has 0 bridgehead atoms. The summed E-state index contributed by atoms with van der Waals surface area (Å²) < 4.78 is 5.17. The molecule has 3 N–H and O–H groups in total. The molecule has 0 aromatic heterocycles. The van der Waals surface area contributed by atoms with Gasteiger partial charge in [0.25, 0.3) is 0 Å². The minimum Gasteiger partial charge on any atom is -0.497 e. The van der Waals surface area contributed by atoms with Crippen LogP contribution in [0.5, 0.6) is 5.75 Å². The number of hydrogen-bond donors (Lipinski definition) is 2. The zero-order chi connectivity index (χ0) is 15.4. The highest BCUT2D eigenvalue weighted by molar-refractivity contribution is 5.80. The average Bonchev–Trinajstić information content (AvgIpc) is 2.85. The van der Waals surface area contributed by atoms with Crippen LogP contribution in [-0.2, 0) is 9.59 Å². The van der Waals surface area contributed by atoms with Crippen molar-refractivity contribution < 1.29 is 19.4 Å². The average molecular weight is 292 g/mol. The van der Waals surface area contributed by atoms with E-state index in [1.165, 1.54) is 0 Å². The standard InChI is InChI=1S/C15H20N2O4/c1-21-12-4-2-3-11(6-12)13(7-15(19)20)17-9-10(8-16)5-14(17)18/h2-4,6,10,13H,5,7-9,16H2,1H3,(H,19,20). The van der Waals surface area contributed by atoms with E-state index in [1.54, 1.807) is 30.2 Å². The number of rotatable bonds is 6. The molecule has 1 heterocycles. The van der Waals surface area contributed by atoms with Crippen molar-refractivity contribution in [1.29, 1.82) is 0 Å². The highest BCUT2D eigenvalue weighted by Crippen LogP contribution is 2.32. The number of nitrogens with two attached hydrogens (primary N) is 1. The van der Waals surface area contributed by atoms with Crippen molar-refractivity contribution in [2.24, 2.45) is 11.7 Å². The quantitative estimate of drug-likeness (QED) is 0.816. The Morgan fingerprint density at radius 2 is 2.33 bits per heavy atom. The predicted octanol–water partition coefficient (Wildman–Crippen LogP) is 1.02. The number of likely N-dealkylation sites (tertiary alicyclic amines) is 1. The van der Waals surface area contributed by atoms with E-state index < -0.39 is 12.0 Å². The zero-order valence-electron chi connectivity index (χ0n) is 12.0. The maximum Gasteiger partial charge on any atom is 0.305 e. The van der Waals surface area contributed by atoms with Crippen LogP contribution >= 0.6 is 0 Å². The topological polar surface area (TPSA) is 92.9 Å². The number of carbonyl (C=O) groups is 2. The number of aliphatic carboxylic acids is 1. The molecule has 21 heavy (non-hydrogen) atoms. The smallest absolute Gasteiger partial charge is 0.305 e. The third kappa shape index (κ3) is 3.52. The van der Waals surface area contributed by atoms with Crippen molar-refractivity contribution >= 4 is 11.9 Å². The molecule has 0 radical (unpaired) electrons. The summed E-state index contributed by atoms with van der Waals surface area (Å²) in [6.07, 6.45) is 0.257. The molecule has 0 spiro atoms. The van der Waals surface area contributed by atoms with Crippen LogP contribution in [0, 0.1) is 5.92 Å². The van der Waals surface area contributed by atoms with Gasteiger partial charge in [-0.05, 0) is 30.2 Å². The lowest BCUT2D eigenvalue weighted by molar-refractivity contribution is -0.139. The van der Waals surface area contributed by atoms with Gasteiger partial charge in [-0.3, -0.25) is 9.59 Å². The molecule has 6 heteroatoms. The highest BCUT2D eigenvalue weighted by atomic mass is 16.5. The fourth-order valence-corrected chi connectivity index (χ4v) is 2.69. The summed E-state index contributed by atoms with van der Waals surface area (Å²) in [5, 5.41) is 9.15. The molecule has 2 atom stereocenters. The van der Waals surface area contributed by atoms with Crippen molar-refractivity contribution in [1.82, 2.24) is 4.90 Å². The molecule has 1 amide bonds. The maximum atomic E-state index is 12.1. The molecular formula is C15H20N2O4. The molecule has 1 aromatic rings. The van der Waals surface area contributed by atoms with E-state index in [4.69, 9.17) is 15.6 Å². The zero-order valence-corrected chi connectivity index (χ0v) is 12.0. The lowest BCUT2D eigenvalue weighted by Crippen LogP contribution is -2.32. The number of carboxylic acids is 1. The Morgan fingerprint density at radius 1 is 1.57 bits per heavy atom. The molecule has 1 aliphatic heterocycles. The number of hydrogen-bond acceptors (Lipinski definition) is 4. The Bertz CT molecular complexity index is 532. The Kier molecular flexibility index (Phi) is 4.80. The van der Waals surface area contributed by atoms with Gasteiger partial charge in [-0.25, -0.2) is 0 Å². The minimum absolute atomic E-state index is 0.0421. The van der Waals surface area contributed by atoms with E-state index in [9.17, 15) is 9.59 Å². The molecule has 114 valence electrons. The van der Waals surface area contributed by atoms with Gasteiger partial charge in [-0.15, -0.1) is 0 Å². The van der Waals surface area contributed by atoms with Gasteiger partial charge < -0.3 is 20.5 Å². The van der Waals surface area contributed by atoms with E-state index in [2.05, 4.69) is 0 Å².